The molecule has 0 unspecified atom stereocenters. The second-order valence-corrected chi connectivity index (χ2v) is 10.8. The normalized spacial score (nSPS) is 11.4. The zero-order valence-electron chi connectivity index (χ0n) is 22.3. The lowest BCUT2D eigenvalue weighted by molar-refractivity contribution is 0.0527. The van der Waals surface area contributed by atoms with Crippen LogP contribution < -0.4 is 9.04 Å². The van der Waals surface area contributed by atoms with Gasteiger partial charge in [0.2, 0.25) is 0 Å². The van der Waals surface area contributed by atoms with Crippen LogP contribution in [0.25, 0.3) is 16.7 Å². The van der Waals surface area contributed by atoms with Gasteiger partial charge in [-0.15, -0.1) is 0 Å². The fourth-order valence-electron chi connectivity index (χ4n) is 4.51. The lowest BCUT2D eigenvalue weighted by atomic mass is 10.1. The van der Waals surface area contributed by atoms with Gasteiger partial charge >= 0.3 is 5.97 Å². The molecule has 40 heavy (non-hydrogen) atoms. The predicted octanol–water partition coefficient (Wildman–Crippen LogP) is 5.31. The molecule has 0 radical (unpaired) electrons. The van der Waals surface area contributed by atoms with Crippen LogP contribution in [0.15, 0.2) is 96.0 Å². The number of esters is 1. The van der Waals surface area contributed by atoms with Crippen LogP contribution >= 0.6 is 0 Å². The zero-order valence-corrected chi connectivity index (χ0v) is 23.1. The van der Waals surface area contributed by atoms with E-state index >= 15 is 0 Å². The SMILES string of the molecule is CCOC(=O)c1cnc2c(c(C)nn2-c2ccccc2)c1N(Cc1ccccc1)S(=O)(=O)c1ccc(OC)cc1. The summed E-state index contributed by atoms with van der Waals surface area (Å²) >= 11 is 0. The van der Waals surface area contributed by atoms with E-state index in [0.717, 1.165) is 11.3 Å². The van der Waals surface area contributed by atoms with E-state index in [9.17, 15) is 13.2 Å². The number of pyridine rings is 1. The molecule has 0 saturated carbocycles. The Balaban J connectivity index is 1.82. The Morgan fingerprint density at radius 1 is 0.950 bits per heavy atom. The highest BCUT2D eigenvalue weighted by Crippen LogP contribution is 2.38. The Morgan fingerprint density at radius 2 is 1.60 bits per heavy atom. The Bertz CT molecular complexity index is 1750. The molecule has 0 bridgehead atoms. The third-order valence-electron chi connectivity index (χ3n) is 6.41. The number of nitrogens with zero attached hydrogens (tertiary/aromatic N) is 4. The molecule has 3 aromatic carbocycles. The van der Waals surface area contributed by atoms with Crippen molar-refractivity contribution in [3.05, 3.63) is 108 Å². The Hall–Kier alpha value is -4.70. The van der Waals surface area contributed by atoms with E-state index in [-0.39, 0.29) is 29.3 Å². The molecule has 0 aliphatic rings. The van der Waals surface area contributed by atoms with Crippen molar-refractivity contribution in [2.24, 2.45) is 0 Å². The maximum absolute atomic E-state index is 14.4. The van der Waals surface area contributed by atoms with Crippen molar-refractivity contribution in [2.75, 3.05) is 18.0 Å². The van der Waals surface area contributed by atoms with Gasteiger partial charge in [0, 0.05) is 6.20 Å². The molecule has 5 aromatic rings. The van der Waals surface area contributed by atoms with Crippen LogP contribution in [0.4, 0.5) is 5.69 Å². The number of aromatic nitrogens is 3. The number of aryl methyl sites for hydroxylation is 1. The number of ether oxygens (including phenoxy) is 2. The third-order valence-corrected chi connectivity index (χ3v) is 8.17. The van der Waals surface area contributed by atoms with Crippen LogP contribution in [0.3, 0.4) is 0 Å². The maximum Gasteiger partial charge on any atom is 0.341 e. The highest BCUT2D eigenvalue weighted by atomic mass is 32.2. The van der Waals surface area contributed by atoms with Crippen LogP contribution in [0.5, 0.6) is 5.75 Å². The Morgan fingerprint density at radius 3 is 2.23 bits per heavy atom. The summed E-state index contributed by atoms with van der Waals surface area (Å²) in [5, 5.41) is 5.13. The summed E-state index contributed by atoms with van der Waals surface area (Å²) in [6, 6.07) is 24.7. The smallest absolute Gasteiger partial charge is 0.341 e. The van der Waals surface area contributed by atoms with E-state index in [4.69, 9.17) is 14.6 Å². The first kappa shape index (κ1) is 26.9. The number of anilines is 1. The summed E-state index contributed by atoms with van der Waals surface area (Å²) in [6.07, 6.45) is 1.36. The molecule has 0 amide bonds. The maximum atomic E-state index is 14.4. The number of methoxy groups -OCH3 is 1. The summed E-state index contributed by atoms with van der Waals surface area (Å²) in [7, 11) is -2.70. The lowest BCUT2D eigenvalue weighted by Crippen LogP contribution is -2.32. The fraction of sp³-hybridized carbons (Fsp3) is 0.167. The van der Waals surface area contributed by atoms with Crippen LogP contribution in [-0.2, 0) is 21.3 Å². The topological polar surface area (TPSA) is 104 Å². The van der Waals surface area contributed by atoms with E-state index < -0.39 is 16.0 Å². The van der Waals surface area contributed by atoms with Gasteiger partial charge in [0.1, 0.15) is 11.3 Å². The average Bonchev–Trinajstić information content (AvgIpc) is 3.33. The summed E-state index contributed by atoms with van der Waals surface area (Å²) in [5.74, 6) is -0.159. The van der Waals surface area contributed by atoms with Crippen LogP contribution in [-0.4, -0.2) is 42.9 Å². The van der Waals surface area contributed by atoms with Crippen LogP contribution in [0, 0.1) is 6.92 Å². The number of hydrogen-bond donors (Lipinski definition) is 0. The Labute approximate surface area is 232 Å². The zero-order chi connectivity index (χ0) is 28.3. The third kappa shape index (κ3) is 5.01. The molecule has 0 N–H and O–H groups in total. The number of hydrogen-bond acceptors (Lipinski definition) is 7. The van der Waals surface area contributed by atoms with Gasteiger partial charge < -0.3 is 9.47 Å². The van der Waals surface area contributed by atoms with E-state index in [1.165, 1.54) is 29.7 Å². The number of carbonyl (C=O) groups excluding carboxylic acids is 1. The van der Waals surface area contributed by atoms with Crippen molar-refractivity contribution in [2.45, 2.75) is 25.3 Å². The van der Waals surface area contributed by atoms with Crippen LogP contribution in [0.2, 0.25) is 0 Å². The van der Waals surface area contributed by atoms with Gasteiger partial charge in [0.25, 0.3) is 10.0 Å². The lowest BCUT2D eigenvalue weighted by Gasteiger charge is -2.27. The van der Waals surface area contributed by atoms with Crippen molar-refractivity contribution in [1.82, 2.24) is 14.8 Å². The highest BCUT2D eigenvalue weighted by molar-refractivity contribution is 7.92. The molecule has 0 saturated heterocycles. The number of fused-ring (bicyclic) bond motifs is 1. The summed E-state index contributed by atoms with van der Waals surface area (Å²) in [5.41, 5.74) is 2.58. The molecule has 0 fully saturated rings. The molecule has 2 heterocycles. The number of para-hydroxylation sites is 1. The fourth-order valence-corrected chi connectivity index (χ4v) is 5.99. The van der Waals surface area contributed by atoms with Crippen LogP contribution in [0.1, 0.15) is 28.5 Å². The molecular weight excluding hydrogens is 528 g/mol. The molecule has 5 rings (SSSR count). The molecule has 9 nitrogen and oxygen atoms in total. The molecule has 10 heteroatoms. The second kappa shape index (κ2) is 11.2. The average molecular weight is 557 g/mol. The van der Waals surface area contributed by atoms with Crippen molar-refractivity contribution in [1.29, 1.82) is 0 Å². The largest absolute Gasteiger partial charge is 0.497 e. The minimum atomic E-state index is -4.21. The number of sulfonamides is 1. The minimum Gasteiger partial charge on any atom is -0.497 e. The molecule has 0 aliphatic carbocycles. The molecule has 0 atom stereocenters. The summed E-state index contributed by atoms with van der Waals surface area (Å²) in [4.78, 5) is 17.9. The predicted molar refractivity (Wildman–Crippen MR) is 152 cm³/mol. The van der Waals surface area contributed by atoms with Gasteiger partial charge in [0.15, 0.2) is 5.65 Å². The first-order valence-corrected chi connectivity index (χ1v) is 14.1. The molecule has 0 aliphatic heterocycles. The van der Waals surface area contributed by atoms with E-state index in [0.29, 0.717) is 22.5 Å². The molecular formula is C30H28N4O5S. The van der Waals surface area contributed by atoms with Gasteiger partial charge in [-0.05, 0) is 55.8 Å². The first-order valence-electron chi connectivity index (χ1n) is 12.7. The highest BCUT2D eigenvalue weighted by Gasteiger charge is 2.33. The van der Waals surface area contributed by atoms with Gasteiger partial charge in [0.05, 0.1) is 47.6 Å². The summed E-state index contributed by atoms with van der Waals surface area (Å²) < 4.78 is 42.2. The minimum absolute atomic E-state index is 0.0260. The van der Waals surface area contributed by atoms with Crippen molar-refractivity contribution in [3.63, 3.8) is 0 Å². The molecule has 2 aromatic heterocycles. The number of rotatable bonds is 9. The second-order valence-electron chi connectivity index (χ2n) is 8.95. The van der Waals surface area contributed by atoms with Gasteiger partial charge in [-0.1, -0.05) is 48.5 Å². The monoisotopic (exact) mass is 556 g/mol. The van der Waals surface area contributed by atoms with E-state index in [1.54, 1.807) is 30.7 Å². The van der Waals surface area contributed by atoms with Crippen molar-refractivity contribution in [3.8, 4) is 11.4 Å². The Kier molecular flexibility index (Phi) is 7.52. The molecule has 204 valence electrons. The van der Waals surface area contributed by atoms with Gasteiger partial charge in [-0.3, -0.25) is 4.31 Å². The van der Waals surface area contributed by atoms with Gasteiger partial charge in [-0.2, -0.15) is 5.10 Å². The number of carbonyl (C=O) groups is 1. The van der Waals surface area contributed by atoms with E-state index in [2.05, 4.69) is 4.98 Å². The molecule has 0 spiro atoms. The standard InChI is InChI=1S/C30H28N4O5S/c1-4-39-30(35)26-19-31-29-27(21(2)32-34(29)23-13-9-6-10-14-23)28(26)33(20-22-11-7-5-8-12-22)40(36,37)25-17-15-24(38-3)16-18-25/h5-19H,4,20H2,1-3H3. The first-order chi connectivity index (χ1) is 19.3. The summed E-state index contributed by atoms with van der Waals surface area (Å²) in [6.45, 7) is 3.53. The quantitative estimate of drug-likeness (QED) is 0.227. The van der Waals surface area contributed by atoms with Crippen molar-refractivity contribution < 1.29 is 22.7 Å². The van der Waals surface area contributed by atoms with Crippen molar-refractivity contribution >= 4 is 32.7 Å². The van der Waals surface area contributed by atoms with E-state index in [1.807, 2.05) is 60.7 Å². The number of benzene rings is 3. The van der Waals surface area contributed by atoms with Gasteiger partial charge in [-0.25, -0.2) is 22.9 Å².